The average Bonchev–Trinajstić information content (AvgIpc) is 2.50. The number of hydrogen-bond acceptors (Lipinski definition) is 1. The molecule has 2 nitrogen and oxygen atoms in total. The summed E-state index contributed by atoms with van der Waals surface area (Å²) in [5, 5.41) is 1.06. The third kappa shape index (κ3) is 2.92. The Hall–Kier alpha value is -1.51. The maximum atomic E-state index is 12.4. The van der Waals surface area contributed by atoms with Crippen molar-refractivity contribution in [2.45, 2.75) is 25.3 Å². The molecule has 1 saturated heterocycles. The van der Waals surface area contributed by atoms with Crippen molar-refractivity contribution in [3.05, 3.63) is 64.1 Å². The number of para-hydroxylation sites is 1. The van der Waals surface area contributed by atoms with Gasteiger partial charge in [0.25, 0.3) is 0 Å². The summed E-state index contributed by atoms with van der Waals surface area (Å²) in [6.07, 6.45) is 2.42. The van der Waals surface area contributed by atoms with Gasteiger partial charge in [0.15, 0.2) is 0 Å². The van der Waals surface area contributed by atoms with Crippen molar-refractivity contribution in [1.29, 1.82) is 0 Å². The van der Waals surface area contributed by atoms with Gasteiger partial charge in [-0.15, -0.1) is 0 Å². The Balaban J connectivity index is 2.01. The zero-order valence-corrected chi connectivity index (χ0v) is 12.9. The lowest BCUT2D eigenvalue weighted by molar-refractivity contribution is -0.120. The summed E-state index contributed by atoms with van der Waals surface area (Å²) in [4.78, 5) is 14.3. The number of nitrogens with zero attached hydrogens (tertiary/aromatic N) is 1. The monoisotopic (exact) mass is 319 g/mol. The fourth-order valence-corrected chi connectivity index (χ4v) is 3.12. The fraction of sp³-hybridized carbons (Fsp3) is 0.235. The summed E-state index contributed by atoms with van der Waals surface area (Å²) in [5.41, 5.74) is 1.96. The van der Waals surface area contributed by atoms with E-state index in [1.54, 1.807) is 6.07 Å². The van der Waals surface area contributed by atoms with E-state index in [1.165, 1.54) is 0 Å². The lowest BCUT2D eigenvalue weighted by Gasteiger charge is -2.36. The number of anilines is 1. The van der Waals surface area contributed by atoms with Crippen molar-refractivity contribution in [1.82, 2.24) is 0 Å². The third-order valence-electron chi connectivity index (χ3n) is 3.81. The highest BCUT2D eigenvalue weighted by Crippen LogP contribution is 2.37. The zero-order chi connectivity index (χ0) is 14.8. The SMILES string of the molecule is O=C1CCCC(c2ccc(Cl)c(Cl)c2)N1c1ccccc1. The van der Waals surface area contributed by atoms with Crippen molar-refractivity contribution >= 4 is 34.8 Å². The Bertz CT molecular complexity index is 657. The highest BCUT2D eigenvalue weighted by atomic mass is 35.5. The molecule has 1 amide bonds. The van der Waals surface area contributed by atoms with Gasteiger partial charge in [0, 0.05) is 12.1 Å². The first-order chi connectivity index (χ1) is 10.2. The molecular weight excluding hydrogens is 305 g/mol. The molecule has 1 aliphatic rings. The fourth-order valence-electron chi connectivity index (χ4n) is 2.82. The predicted octanol–water partition coefficient (Wildman–Crippen LogP) is 5.25. The van der Waals surface area contributed by atoms with Gasteiger partial charge in [-0.3, -0.25) is 4.79 Å². The van der Waals surface area contributed by atoms with Crippen molar-refractivity contribution in [3.8, 4) is 0 Å². The number of rotatable bonds is 2. The van der Waals surface area contributed by atoms with Gasteiger partial charge in [0.1, 0.15) is 0 Å². The second kappa shape index (κ2) is 6.08. The molecule has 0 aromatic heterocycles. The number of halogens is 2. The third-order valence-corrected chi connectivity index (χ3v) is 4.55. The van der Waals surface area contributed by atoms with Crippen molar-refractivity contribution in [3.63, 3.8) is 0 Å². The van der Waals surface area contributed by atoms with Crippen LogP contribution in [0.3, 0.4) is 0 Å². The Morgan fingerprint density at radius 3 is 2.48 bits per heavy atom. The van der Waals surface area contributed by atoms with Crippen LogP contribution in [0.2, 0.25) is 10.0 Å². The molecule has 1 heterocycles. The second-order valence-corrected chi connectivity index (χ2v) is 6.00. The molecule has 2 aromatic rings. The number of piperidine rings is 1. The van der Waals surface area contributed by atoms with Gasteiger partial charge in [-0.1, -0.05) is 47.5 Å². The molecule has 1 atom stereocenters. The Labute approximate surface area is 134 Å². The van der Waals surface area contributed by atoms with Gasteiger partial charge < -0.3 is 4.90 Å². The molecule has 0 bridgehead atoms. The number of hydrogen-bond donors (Lipinski definition) is 0. The molecule has 21 heavy (non-hydrogen) atoms. The maximum absolute atomic E-state index is 12.4. The van der Waals surface area contributed by atoms with Crippen molar-refractivity contribution in [2.75, 3.05) is 4.90 Å². The molecule has 1 fully saturated rings. The first kappa shape index (κ1) is 14.4. The molecule has 108 valence electrons. The van der Waals surface area contributed by atoms with Crippen LogP contribution < -0.4 is 4.90 Å². The van der Waals surface area contributed by atoms with Gasteiger partial charge in [-0.2, -0.15) is 0 Å². The van der Waals surface area contributed by atoms with Crippen LogP contribution in [0.15, 0.2) is 48.5 Å². The molecular formula is C17H15Cl2NO. The van der Waals surface area contributed by atoms with Crippen LogP contribution in [0.5, 0.6) is 0 Å². The van der Waals surface area contributed by atoms with Crippen LogP contribution in [0.25, 0.3) is 0 Å². The summed E-state index contributed by atoms with van der Waals surface area (Å²) < 4.78 is 0. The molecule has 0 saturated carbocycles. The van der Waals surface area contributed by atoms with Crippen LogP contribution in [-0.4, -0.2) is 5.91 Å². The average molecular weight is 320 g/mol. The molecule has 3 rings (SSSR count). The van der Waals surface area contributed by atoms with Crippen LogP contribution in [-0.2, 0) is 4.79 Å². The lowest BCUT2D eigenvalue weighted by Crippen LogP contribution is -2.38. The number of amides is 1. The van der Waals surface area contributed by atoms with Crippen molar-refractivity contribution < 1.29 is 4.79 Å². The maximum Gasteiger partial charge on any atom is 0.227 e. The van der Waals surface area contributed by atoms with E-state index in [0.29, 0.717) is 16.5 Å². The molecule has 1 aliphatic heterocycles. The first-order valence-electron chi connectivity index (χ1n) is 6.99. The van der Waals surface area contributed by atoms with Crippen LogP contribution in [0, 0.1) is 0 Å². The lowest BCUT2D eigenvalue weighted by atomic mass is 9.94. The molecule has 1 unspecified atom stereocenters. The van der Waals surface area contributed by atoms with E-state index < -0.39 is 0 Å². The number of benzene rings is 2. The summed E-state index contributed by atoms with van der Waals surface area (Å²) in [5.74, 6) is 0.156. The van der Waals surface area contributed by atoms with Gasteiger partial charge >= 0.3 is 0 Å². The minimum atomic E-state index is 0.0171. The smallest absolute Gasteiger partial charge is 0.227 e. The molecule has 4 heteroatoms. The summed E-state index contributed by atoms with van der Waals surface area (Å²) in [6.45, 7) is 0. The zero-order valence-electron chi connectivity index (χ0n) is 11.4. The van der Waals surface area contributed by atoms with Gasteiger partial charge in [-0.25, -0.2) is 0 Å². The van der Waals surface area contributed by atoms with E-state index in [9.17, 15) is 4.79 Å². The summed E-state index contributed by atoms with van der Waals surface area (Å²) in [7, 11) is 0. The van der Waals surface area contributed by atoms with E-state index in [1.807, 2.05) is 47.4 Å². The molecule has 0 N–H and O–H groups in total. The van der Waals surface area contributed by atoms with Crippen LogP contribution in [0.1, 0.15) is 30.9 Å². The highest BCUT2D eigenvalue weighted by molar-refractivity contribution is 6.42. The van der Waals surface area contributed by atoms with Gasteiger partial charge in [0.05, 0.1) is 16.1 Å². The Morgan fingerprint density at radius 1 is 1.00 bits per heavy atom. The normalized spacial score (nSPS) is 18.9. The van der Waals surface area contributed by atoms with E-state index >= 15 is 0 Å². The number of carbonyl (C=O) groups is 1. The predicted molar refractivity (Wildman–Crippen MR) is 87.0 cm³/mol. The summed E-state index contributed by atoms with van der Waals surface area (Å²) >= 11 is 12.1. The Kier molecular flexibility index (Phi) is 4.18. The topological polar surface area (TPSA) is 20.3 Å². The summed E-state index contributed by atoms with van der Waals surface area (Å²) in [6, 6.07) is 15.4. The molecule has 2 aromatic carbocycles. The largest absolute Gasteiger partial charge is 0.305 e. The van der Waals surface area contributed by atoms with E-state index in [0.717, 1.165) is 24.1 Å². The second-order valence-electron chi connectivity index (χ2n) is 5.18. The van der Waals surface area contributed by atoms with Crippen LogP contribution in [0.4, 0.5) is 5.69 Å². The first-order valence-corrected chi connectivity index (χ1v) is 7.74. The Morgan fingerprint density at radius 2 is 1.76 bits per heavy atom. The highest BCUT2D eigenvalue weighted by Gasteiger charge is 2.30. The minimum Gasteiger partial charge on any atom is -0.305 e. The minimum absolute atomic E-state index is 0.0171. The number of carbonyl (C=O) groups excluding carboxylic acids is 1. The molecule has 0 spiro atoms. The van der Waals surface area contributed by atoms with Crippen LogP contribution >= 0.6 is 23.2 Å². The van der Waals surface area contributed by atoms with Gasteiger partial charge in [-0.05, 0) is 42.7 Å². The van der Waals surface area contributed by atoms with E-state index in [4.69, 9.17) is 23.2 Å². The van der Waals surface area contributed by atoms with E-state index in [2.05, 4.69) is 0 Å². The van der Waals surface area contributed by atoms with Gasteiger partial charge in [0.2, 0.25) is 5.91 Å². The van der Waals surface area contributed by atoms with Crippen molar-refractivity contribution in [2.24, 2.45) is 0 Å². The standard InChI is InChI=1S/C17H15Cl2NO/c18-14-10-9-12(11-15(14)19)16-7-4-8-17(21)20(16)13-5-2-1-3-6-13/h1-3,5-6,9-11,16H,4,7-8H2. The quantitative estimate of drug-likeness (QED) is 0.740. The van der Waals surface area contributed by atoms with E-state index in [-0.39, 0.29) is 11.9 Å². The molecule has 0 radical (unpaired) electrons. The molecule has 0 aliphatic carbocycles.